The maximum Gasteiger partial charge on any atom is 0.147 e. The number of rotatable bonds is 5. The molecule has 18 heavy (non-hydrogen) atoms. The highest BCUT2D eigenvalue weighted by molar-refractivity contribution is 6.32. The average molecular weight is 268 g/mol. The number of hydrogen-bond acceptors (Lipinski definition) is 3. The van der Waals surface area contributed by atoms with Crippen LogP contribution in [0.4, 0.5) is 5.82 Å². The number of halogens is 1. The van der Waals surface area contributed by atoms with Gasteiger partial charge >= 0.3 is 0 Å². The van der Waals surface area contributed by atoms with Crippen LogP contribution in [0.15, 0.2) is 18.3 Å². The van der Waals surface area contributed by atoms with Crippen LogP contribution in [-0.4, -0.2) is 30.7 Å². The van der Waals surface area contributed by atoms with Gasteiger partial charge in [0.1, 0.15) is 5.82 Å². The van der Waals surface area contributed by atoms with Gasteiger partial charge in [0.2, 0.25) is 0 Å². The second-order valence-electron chi connectivity index (χ2n) is 5.35. The smallest absolute Gasteiger partial charge is 0.147 e. The lowest BCUT2D eigenvalue weighted by molar-refractivity contribution is 0.511. The summed E-state index contributed by atoms with van der Waals surface area (Å²) in [7, 11) is 0. The van der Waals surface area contributed by atoms with E-state index < -0.39 is 0 Å². The van der Waals surface area contributed by atoms with E-state index in [-0.39, 0.29) is 0 Å². The average Bonchev–Trinajstić information content (AvgIpc) is 2.77. The van der Waals surface area contributed by atoms with E-state index in [0.29, 0.717) is 12.0 Å². The minimum Gasteiger partial charge on any atom is -0.351 e. The van der Waals surface area contributed by atoms with E-state index >= 15 is 0 Å². The van der Waals surface area contributed by atoms with Gasteiger partial charge < -0.3 is 10.2 Å². The van der Waals surface area contributed by atoms with Crippen LogP contribution in [0.1, 0.15) is 26.7 Å². The van der Waals surface area contributed by atoms with Crippen LogP contribution in [0.2, 0.25) is 5.02 Å². The van der Waals surface area contributed by atoms with Crippen molar-refractivity contribution in [3.63, 3.8) is 0 Å². The molecule has 1 aromatic rings. The molecule has 100 valence electrons. The van der Waals surface area contributed by atoms with Crippen LogP contribution in [0.5, 0.6) is 0 Å². The molecule has 1 atom stereocenters. The number of aromatic nitrogens is 1. The van der Waals surface area contributed by atoms with Crippen LogP contribution in [0, 0.1) is 5.92 Å². The van der Waals surface area contributed by atoms with Gasteiger partial charge in [0.05, 0.1) is 5.02 Å². The molecule has 0 amide bonds. The zero-order valence-electron chi connectivity index (χ0n) is 11.2. The van der Waals surface area contributed by atoms with Crippen LogP contribution in [-0.2, 0) is 0 Å². The Bertz CT molecular complexity index is 381. The van der Waals surface area contributed by atoms with E-state index in [2.05, 4.69) is 29.0 Å². The fraction of sp³-hybridized carbons (Fsp3) is 0.643. The van der Waals surface area contributed by atoms with Crippen LogP contribution in [0.3, 0.4) is 0 Å². The molecule has 3 nitrogen and oxygen atoms in total. The second-order valence-corrected chi connectivity index (χ2v) is 5.76. The van der Waals surface area contributed by atoms with E-state index in [0.717, 1.165) is 30.5 Å². The van der Waals surface area contributed by atoms with Gasteiger partial charge in [0, 0.05) is 25.3 Å². The summed E-state index contributed by atoms with van der Waals surface area (Å²) in [6, 6.07) is 4.32. The van der Waals surface area contributed by atoms with Crippen LogP contribution in [0.25, 0.3) is 0 Å². The Morgan fingerprint density at radius 2 is 2.39 bits per heavy atom. The topological polar surface area (TPSA) is 28.2 Å². The van der Waals surface area contributed by atoms with Crippen molar-refractivity contribution >= 4 is 17.4 Å². The molecule has 1 saturated heterocycles. The molecule has 4 heteroatoms. The molecule has 1 fully saturated rings. The first-order valence-corrected chi connectivity index (χ1v) is 7.14. The molecule has 0 radical (unpaired) electrons. The largest absolute Gasteiger partial charge is 0.351 e. The number of anilines is 1. The molecule has 2 rings (SSSR count). The summed E-state index contributed by atoms with van der Waals surface area (Å²) in [5.74, 6) is 1.63. The third-order valence-corrected chi connectivity index (χ3v) is 3.62. The molecule has 1 N–H and O–H groups in total. The molecule has 1 aromatic heterocycles. The van der Waals surface area contributed by atoms with E-state index in [1.807, 2.05) is 18.3 Å². The van der Waals surface area contributed by atoms with Gasteiger partial charge in [-0.3, -0.25) is 0 Å². The zero-order chi connectivity index (χ0) is 13.0. The van der Waals surface area contributed by atoms with E-state index in [4.69, 9.17) is 11.6 Å². The minimum absolute atomic E-state index is 0.524. The highest BCUT2D eigenvalue weighted by atomic mass is 35.5. The van der Waals surface area contributed by atoms with Crippen molar-refractivity contribution in [2.24, 2.45) is 5.92 Å². The third-order valence-electron chi connectivity index (χ3n) is 3.32. The lowest BCUT2D eigenvalue weighted by Gasteiger charge is -2.27. The van der Waals surface area contributed by atoms with Gasteiger partial charge in [-0.1, -0.05) is 25.4 Å². The van der Waals surface area contributed by atoms with Gasteiger partial charge in [-0.2, -0.15) is 0 Å². The fourth-order valence-electron chi connectivity index (χ4n) is 2.45. The van der Waals surface area contributed by atoms with Gasteiger partial charge in [-0.25, -0.2) is 4.98 Å². The highest BCUT2D eigenvalue weighted by Crippen LogP contribution is 2.29. The summed E-state index contributed by atoms with van der Waals surface area (Å²) in [4.78, 5) is 6.76. The fourth-order valence-corrected chi connectivity index (χ4v) is 2.68. The quantitative estimate of drug-likeness (QED) is 0.889. The van der Waals surface area contributed by atoms with Crippen molar-refractivity contribution in [1.82, 2.24) is 10.3 Å². The Hall–Kier alpha value is -0.800. The van der Waals surface area contributed by atoms with E-state index in [1.54, 1.807) is 0 Å². The van der Waals surface area contributed by atoms with Crippen LogP contribution >= 0.6 is 11.6 Å². The van der Waals surface area contributed by atoms with Gasteiger partial charge in [0.15, 0.2) is 0 Å². The Kier molecular flexibility index (Phi) is 4.84. The number of hydrogen-bond donors (Lipinski definition) is 1. The number of nitrogens with one attached hydrogen (secondary N) is 1. The zero-order valence-corrected chi connectivity index (χ0v) is 12.0. The summed E-state index contributed by atoms with van der Waals surface area (Å²) in [6.45, 7) is 7.61. The van der Waals surface area contributed by atoms with Crippen molar-refractivity contribution in [2.45, 2.75) is 32.7 Å². The Balaban J connectivity index is 1.97. The number of pyridine rings is 1. The summed E-state index contributed by atoms with van der Waals surface area (Å²) in [5, 5.41) is 4.29. The first-order valence-electron chi connectivity index (χ1n) is 6.76. The predicted octanol–water partition coefficient (Wildman–Crippen LogP) is 2.95. The van der Waals surface area contributed by atoms with Crippen molar-refractivity contribution in [3.05, 3.63) is 23.4 Å². The molecule has 0 aromatic carbocycles. The lowest BCUT2D eigenvalue weighted by Crippen LogP contribution is -2.39. The van der Waals surface area contributed by atoms with Gasteiger partial charge in [-0.15, -0.1) is 0 Å². The Morgan fingerprint density at radius 1 is 1.56 bits per heavy atom. The molecular weight excluding hydrogens is 246 g/mol. The summed E-state index contributed by atoms with van der Waals surface area (Å²) < 4.78 is 0. The van der Waals surface area contributed by atoms with Crippen molar-refractivity contribution in [1.29, 1.82) is 0 Å². The first kappa shape index (κ1) is 13.6. The van der Waals surface area contributed by atoms with Crippen molar-refractivity contribution in [3.8, 4) is 0 Å². The normalized spacial score (nSPS) is 19.8. The SMILES string of the molecule is CC(C)CNCC1CCCN1c1ncccc1Cl. The highest BCUT2D eigenvalue weighted by Gasteiger charge is 2.26. The first-order chi connectivity index (χ1) is 8.68. The maximum atomic E-state index is 6.23. The van der Waals surface area contributed by atoms with Crippen molar-refractivity contribution < 1.29 is 0 Å². The van der Waals surface area contributed by atoms with Gasteiger partial charge in [0.25, 0.3) is 0 Å². The molecule has 0 spiro atoms. The third kappa shape index (κ3) is 3.36. The van der Waals surface area contributed by atoms with Crippen LogP contribution < -0.4 is 10.2 Å². The molecular formula is C14H22ClN3. The molecule has 0 bridgehead atoms. The molecule has 0 saturated carbocycles. The second kappa shape index (κ2) is 6.39. The molecule has 1 unspecified atom stereocenters. The lowest BCUT2D eigenvalue weighted by atomic mass is 10.2. The number of nitrogens with zero attached hydrogens (tertiary/aromatic N) is 2. The standard InChI is InChI=1S/C14H22ClN3/c1-11(2)9-16-10-12-5-4-8-18(12)14-13(15)6-3-7-17-14/h3,6-7,11-12,16H,4-5,8-10H2,1-2H3. The molecule has 2 heterocycles. The molecule has 1 aliphatic rings. The summed E-state index contributed by atoms with van der Waals surface area (Å²) in [6.07, 6.45) is 4.26. The van der Waals surface area contributed by atoms with Crippen molar-refractivity contribution in [2.75, 3.05) is 24.5 Å². The Labute approximate surface area is 115 Å². The Morgan fingerprint density at radius 3 is 3.11 bits per heavy atom. The molecule has 0 aliphatic carbocycles. The van der Waals surface area contributed by atoms with Gasteiger partial charge in [-0.05, 0) is 37.4 Å². The minimum atomic E-state index is 0.524. The van der Waals surface area contributed by atoms with E-state index in [1.165, 1.54) is 12.8 Å². The summed E-state index contributed by atoms with van der Waals surface area (Å²) in [5.41, 5.74) is 0. The molecule has 1 aliphatic heterocycles. The monoisotopic (exact) mass is 267 g/mol. The maximum absolute atomic E-state index is 6.23. The summed E-state index contributed by atoms with van der Waals surface area (Å²) >= 11 is 6.23. The van der Waals surface area contributed by atoms with E-state index in [9.17, 15) is 0 Å². The predicted molar refractivity (Wildman–Crippen MR) is 77.3 cm³/mol.